The second-order valence-electron chi connectivity index (χ2n) is 4.47. The first kappa shape index (κ1) is 14.3. The number of carbonyl (C=O) groups is 2. The number of hydrogen-bond donors (Lipinski definition) is 3. The van der Waals surface area contributed by atoms with E-state index < -0.39 is 17.6 Å². The van der Waals surface area contributed by atoms with Crippen LogP contribution in [0.3, 0.4) is 0 Å². The van der Waals surface area contributed by atoms with Crippen LogP contribution < -0.4 is 11.1 Å². The summed E-state index contributed by atoms with van der Waals surface area (Å²) in [6.45, 7) is 0. The van der Waals surface area contributed by atoms with Crippen molar-refractivity contribution in [2.45, 2.75) is 43.7 Å². The van der Waals surface area contributed by atoms with E-state index in [1.807, 2.05) is 6.26 Å². The molecule has 1 fully saturated rings. The van der Waals surface area contributed by atoms with Gasteiger partial charge in [0.15, 0.2) is 0 Å². The minimum atomic E-state index is -1.08. The van der Waals surface area contributed by atoms with Gasteiger partial charge in [-0.2, -0.15) is 11.8 Å². The Kier molecular flexibility index (Phi) is 5.27. The third kappa shape index (κ3) is 3.61. The van der Waals surface area contributed by atoms with Gasteiger partial charge in [0.2, 0.25) is 5.91 Å². The average Bonchev–Trinajstić information content (AvgIpc) is 2.75. The molecular weight excluding hydrogens is 240 g/mol. The van der Waals surface area contributed by atoms with Crippen molar-refractivity contribution in [3.8, 4) is 0 Å². The maximum Gasteiger partial charge on any atom is 0.329 e. The number of amides is 1. The zero-order valence-electron chi connectivity index (χ0n) is 10.1. The van der Waals surface area contributed by atoms with E-state index in [2.05, 4.69) is 5.32 Å². The van der Waals surface area contributed by atoms with Crippen LogP contribution >= 0.6 is 11.8 Å². The number of nitrogens with one attached hydrogen (secondary N) is 1. The normalized spacial score (nSPS) is 19.9. The van der Waals surface area contributed by atoms with E-state index in [0.717, 1.165) is 18.6 Å². The topological polar surface area (TPSA) is 92.4 Å². The Labute approximate surface area is 106 Å². The molecule has 0 unspecified atom stereocenters. The SMILES string of the molecule is CSCC[C@H](N)C(=O)NC1(C(=O)O)CCCC1. The van der Waals surface area contributed by atoms with Gasteiger partial charge in [0.25, 0.3) is 0 Å². The van der Waals surface area contributed by atoms with Crippen molar-refractivity contribution in [3.05, 3.63) is 0 Å². The molecule has 0 radical (unpaired) electrons. The van der Waals surface area contributed by atoms with Crippen LogP contribution in [0.2, 0.25) is 0 Å². The van der Waals surface area contributed by atoms with Crippen LogP contribution in [0.25, 0.3) is 0 Å². The van der Waals surface area contributed by atoms with Gasteiger partial charge < -0.3 is 16.2 Å². The zero-order chi connectivity index (χ0) is 12.9. The molecule has 5 nitrogen and oxygen atoms in total. The Morgan fingerprint density at radius 1 is 1.47 bits per heavy atom. The van der Waals surface area contributed by atoms with E-state index in [9.17, 15) is 14.7 Å². The summed E-state index contributed by atoms with van der Waals surface area (Å²) in [7, 11) is 0. The zero-order valence-corrected chi connectivity index (χ0v) is 10.9. The number of rotatable bonds is 6. The molecule has 0 aliphatic heterocycles. The van der Waals surface area contributed by atoms with Crippen molar-refractivity contribution in [2.24, 2.45) is 5.73 Å². The summed E-state index contributed by atoms with van der Waals surface area (Å²) in [5.41, 5.74) is 4.65. The fourth-order valence-corrected chi connectivity index (χ4v) is 2.56. The van der Waals surface area contributed by atoms with E-state index in [1.165, 1.54) is 0 Å². The number of thioether (sulfide) groups is 1. The Hall–Kier alpha value is -0.750. The summed E-state index contributed by atoms with van der Waals surface area (Å²) in [6.07, 6.45) is 5.20. The van der Waals surface area contributed by atoms with E-state index in [4.69, 9.17) is 5.73 Å². The standard InChI is InChI=1S/C11H20N2O3S/c1-17-7-4-8(12)9(14)13-11(10(15)16)5-2-3-6-11/h8H,2-7,12H2,1H3,(H,13,14)(H,15,16)/t8-/m0/s1. The first-order chi connectivity index (χ1) is 8.02. The predicted molar refractivity (Wildman–Crippen MR) is 68.0 cm³/mol. The van der Waals surface area contributed by atoms with Gasteiger partial charge in [-0.1, -0.05) is 12.8 Å². The van der Waals surface area contributed by atoms with Gasteiger partial charge in [0.1, 0.15) is 5.54 Å². The molecule has 0 saturated heterocycles. The van der Waals surface area contributed by atoms with E-state index in [0.29, 0.717) is 19.3 Å². The van der Waals surface area contributed by atoms with Crippen LogP contribution in [-0.2, 0) is 9.59 Å². The van der Waals surface area contributed by atoms with Crippen molar-refractivity contribution in [1.29, 1.82) is 0 Å². The first-order valence-electron chi connectivity index (χ1n) is 5.82. The number of carboxylic acid groups (broad SMARTS) is 1. The number of hydrogen-bond acceptors (Lipinski definition) is 4. The molecule has 1 amide bonds. The molecule has 4 N–H and O–H groups in total. The van der Waals surface area contributed by atoms with Crippen LogP contribution in [0.4, 0.5) is 0 Å². The van der Waals surface area contributed by atoms with Crippen LogP contribution in [0.5, 0.6) is 0 Å². The van der Waals surface area contributed by atoms with Crippen molar-refractivity contribution < 1.29 is 14.7 Å². The Morgan fingerprint density at radius 2 is 2.06 bits per heavy atom. The van der Waals surface area contributed by atoms with Gasteiger partial charge in [-0.15, -0.1) is 0 Å². The number of carbonyl (C=O) groups excluding carboxylic acids is 1. The van der Waals surface area contributed by atoms with Gasteiger partial charge in [-0.05, 0) is 31.3 Å². The van der Waals surface area contributed by atoms with Crippen LogP contribution in [0, 0.1) is 0 Å². The lowest BCUT2D eigenvalue weighted by molar-refractivity contribution is -0.147. The summed E-state index contributed by atoms with van der Waals surface area (Å²) in [4.78, 5) is 23.0. The number of carboxylic acids is 1. The lowest BCUT2D eigenvalue weighted by atomic mass is 9.97. The van der Waals surface area contributed by atoms with E-state index in [-0.39, 0.29) is 5.91 Å². The van der Waals surface area contributed by atoms with Crippen molar-refractivity contribution in [2.75, 3.05) is 12.0 Å². The highest BCUT2D eigenvalue weighted by Crippen LogP contribution is 2.29. The lowest BCUT2D eigenvalue weighted by Gasteiger charge is -2.26. The van der Waals surface area contributed by atoms with Crippen LogP contribution in [0.1, 0.15) is 32.1 Å². The Bertz CT molecular complexity index is 290. The van der Waals surface area contributed by atoms with Crippen molar-refractivity contribution in [3.63, 3.8) is 0 Å². The van der Waals surface area contributed by atoms with E-state index in [1.54, 1.807) is 11.8 Å². The molecule has 6 heteroatoms. The highest BCUT2D eigenvalue weighted by molar-refractivity contribution is 7.98. The minimum absolute atomic E-state index is 0.344. The fraction of sp³-hybridized carbons (Fsp3) is 0.818. The van der Waals surface area contributed by atoms with Gasteiger partial charge in [0, 0.05) is 0 Å². The maximum atomic E-state index is 11.8. The molecule has 0 spiro atoms. The molecule has 98 valence electrons. The molecule has 1 rings (SSSR count). The average molecular weight is 260 g/mol. The number of aliphatic carboxylic acids is 1. The largest absolute Gasteiger partial charge is 0.480 e. The van der Waals surface area contributed by atoms with Crippen molar-refractivity contribution in [1.82, 2.24) is 5.32 Å². The highest BCUT2D eigenvalue weighted by atomic mass is 32.2. The summed E-state index contributed by atoms with van der Waals surface area (Å²) in [5, 5.41) is 11.8. The van der Waals surface area contributed by atoms with Gasteiger partial charge in [-0.25, -0.2) is 4.79 Å². The third-order valence-electron chi connectivity index (χ3n) is 3.20. The van der Waals surface area contributed by atoms with Gasteiger partial charge in [0.05, 0.1) is 6.04 Å². The smallest absolute Gasteiger partial charge is 0.329 e. The monoisotopic (exact) mass is 260 g/mol. The summed E-state index contributed by atoms with van der Waals surface area (Å²) in [5.74, 6) is -0.488. The molecular formula is C11H20N2O3S. The first-order valence-corrected chi connectivity index (χ1v) is 7.21. The molecule has 0 bridgehead atoms. The molecule has 1 aliphatic rings. The predicted octanol–water partition coefficient (Wildman–Crippen LogP) is 0.580. The lowest BCUT2D eigenvalue weighted by Crippen LogP contribution is -2.56. The maximum absolute atomic E-state index is 11.8. The molecule has 17 heavy (non-hydrogen) atoms. The van der Waals surface area contributed by atoms with Gasteiger partial charge >= 0.3 is 5.97 Å². The summed E-state index contributed by atoms with van der Waals surface area (Å²) in [6, 6.07) is -0.612. The number of nitrogens with two attached hydrogens (primary N) is 1. The van der Waals surface area contributed by atoms with Gasteiger partial charge in [-0.3, -0.25) is 4.79 Å². The molecule has 1 aliphatic carbocycles. The quantitative estimate of drug-likeness (QED) is 0.649. The Morgan fingerprint density at radius 3 is 2.53 bits per heavy atom. The molecule has 0 aromatic heterocycles. The van der Waals surface area contributed by atoms with Crippen LogP contribution in [0.15, 0.2) is 0 Å². The third-order valence-corrected chi connectivity index (χ3v) is 3.84. The second-order valence-corrected chi connectivity index (χ2v) is 5.46. The van der Waals surface area contributed by atoms with Crippen molar-refractivity contribution >= 4 is 23.6 Å². The molecule has 1 saturated carbocycles. The molecule has 0 heterocycles. The highest BCUT2D eigenvalue weighted by Gasteiger charge is 2.43. The molecule has 0 aromatic carbocycles. The Balaban J connectivity index is 2.56. The summed E-state index contributed by atoms with van der Waals surface area (Å²) < 4.78 is 0. The second kappa shape index (κ2) is 6.26. The summed E-state index contributed by atoms with van der Waals surface area (Å²) >= 11 is 1.62. The molecule has 0 aromatic rings. The van der Waals surface area contributed by atoms with E-state index >= 15 is 0 Å². The molecule has 1 atom stereocenters. The fourth-order valence-electron chi connectivity index (χ4n) is 2.08. The minimum Gasteiger partial charge on any atom is -0.480 e. The van der Waals surface area contributed by atoms with Crippen LogP contribution in [-0.4, -0.2) is 40.6 Å².